The van der Waals surface area contributed by atoms with E-state index in [9.17, 15) is 29.5 Å². The van der Waals surface area contributed by atoms with Crippen molar-refractivity contribution in [2.75, 3.05) is 26.7 Å². The van der Waals surface area contributed by atoms with Gasteiger partial charge in [0.1, 0.15) is 17.5 Å². The van der Waals surface area contributed by atoms with Crippen molar-refractivity contribution in [2.24, 2.45) is 11.8 Å². The van der Waals surface area contributed by atoms with Gasteiger partial charge < -0.3 is 24.6 Å². The number of pyridine rings is 1. The van der Waals surface area contributed by atoms with Crippen LogP contribution in [0.4, 0.5) is 8.78 Å². The van der Waals surface area contributed by atoms with E-state index in [0.29, 0.717) is 11.1 Å². The van der Waals surface area contributed by atoms with Gasteiger partial charge in [-0.15, -0.1) is 0 Å². The number of likely N-dealkylation sites (tertiary alicyclic amines) is 1. The summed E-state index contributed by atoms with van der Waals surface area (Å²) >= 11 is 0. The number of alkyl halides is 2. The summed E-state index contributed by atoms with van der Waals surface area (Å²) in [7, 11) is 1.35. The van der Waals surface area contributed by atoms with Gasteiger partial charge in [-0.25, -0.2) is 13.8 Å². The second-order valence-corrected chi connectivity index (χ2v) is 10.6. The topological polar surface area (TPSA) is 123 Å². The van der Waals surface area contributed by atoms with Gasteiger partial charge in [0, 0.05) is 43.5 Å². The van der Waals surface area contributed by atoms with Crippen LogP contribution in [-0.4, -0.2) is 59.4 Å². The molecule has 3 aliphatic rings. The maximum Gasteiger partial charge on any atom is 0.243 e. The van der Waals surface area contributed by atoms with Crippen molar-refractivity contribution in [3.63, 3.8) is 0 Å². The van der Waals surface area contributed by atoms with Gasteiger partial charge >= 0.3 is 0 Å². The van der Waals surface area contributed by atoms with E-state index in [4.69, 9.17) is 9.47 Å². The van der Waals surface area contributed by atoms with Crippen LogP contribution in [0.5, 0.6) is 11.6 Å². The molecule has 5 unspecified atom stereocenters. The van der Waals surface area contributed by atoms with Crippen LogP contribution in [0.2, 0.25) is 0 Å². The molecule has 8 nitrogen and oxygen atoms in total. The number of halogens is 2. The Morgan fingerprint density at radius 3 is 2.42 bits per heavy atom. The van der Waals surface area contributed by atoms with E-state index in [-0.39, 0.29) is 42.5 Å². The average Bonchev–Trinajstić information content (AvgIpc) is 3.32. The van der Waals surface area contributed by atoms with Gasteiger partial charge in [0.15, 0.2) is 11.2 Å². The van der Waals surface area contributed by atoms with Gasteiger partial charge in [-0.05, 0) is 23.3 Å². The van der Waals surface area contributed by atoms with Crippen LogP contribution in [-0.2, 0) is 11.2 Å². The Labute approximate surface area is 229 Å². The van der Waals surface area contributed by atoms with E-state index in [1.807, 2.05) is 41.3 Å². The average molecular weight is 545 g/mol. The normalized spacial score (nSPS) is 29.1. The van der Waals surface area contributed by atoms with Gasteiger partial charge in [0.25, 0.3) is 0 Å². The Morgan fingerprint density at radius 2 is 1.82 bits per heavy atom. The van der Waals surface area contributed by atoms with Crippen molar-refractivity contribution in [1.29, 1.82) is 10.5 Å². The molecule has 0 radical (unpaired) electrons. The number of nitrogens with zero attached hydrogens (tertiary/aromatic N) is 4. The summed E-state index contributed by atoms with van der Waals surface area (Å²) in [5.74, 6) is -1.98. The van der Waals surface area contributed by atoms with Crippen LogP contribution in [0.15, 0.2) is 60.7 Å². The molecule has 5 atom stereocenters. The largest absolute Gasteiger partial charge is 0.481 e. The van der Waals surface area contributed by atoms with Crippen LogP contribution < -0.4 is 9.47 Å². The first-order valence-electron chi connectivity index (χ1n) is 12.9. The number of ether oxygens (including phenoxy) is 2. The lowest BCUT2D eigenvalue weighted by molar-refractivity contribution is -0.153. The van der Waals surface area contributed by atoms with Crippen LogP contribution >= 0.6 is 0 Å². The smallest absolute Gasteiger partial charge is 0.243 e. The Morgan fingerprint density at radius 1 is 1.12 bits per heavy atom. The molecule has 3 heterocycles. The third-order valence-electron chi connectivity index (χ3n) is 8.59. The van der Waals surface area contributed by atoms with Crippen molar-refractivity contribution >= 4 is 0 Å². The molecule has 40 heavy (non-hydrogen) atoms. The molecule has 1 aliphatic carbocycles. The van der Waals surface area contributed by atoms with Crippen LogP contribution in [0.1, 0.15) is 33.9 Å². The highest BCUT2D eigenvalue weighted by molar-refractivity contribution is 5.60. The first-order chi connectivity index (χ1) is 19.3. The fraction of sp³-hybridized carbons (Fsp3) is 0.367. The first-order valence-corrected chi connectivity index (χ1v) is 12.9. The molecule has 2 N–H and O–H groups in total. The van der Waals surface area contributed by atoms with E-state index in [2.05, 4.69) is 11.1 Å². The van der Waals surface area contributed by atoms with E-state index in [1.165, 1.54) is 13.2 Å². The first kappa shape index (κ1) is 26.1. The number of aliphatic hydroxyl groups is 2. The second-order valence-electron chi connectivity index (χ2n) is 10.6. The standard InChI is InChI=1S/C30H26F2N4O4/c1-39-28-25-23(11-21(13-34)35-28)40-30(20-9-7-17(12-33)8-10-20)24(18-5-3-2-4-6-18)22(26(37)29(25,30)38)16-36-14-19(15-36)27(31)32/h2-11,19,22,24,26-27,37-38H,14-16H2,1H3. The predicted molar refractivity (Wildman–Crippen MR) is 137 cm³/mol. The molecule has 204 valence electrons. The highest BCUT2D eigenvalue weighted by Gasteiger charge is 2.77. The van der Waals surface area contributed by atoms with Crippen molar-refractivity contribution in [3.8, 4) is 23.8 Å². The molecule has 2 aliphatic heterocycles. The lowest BCUT2D eigenvalue weighted by atomic mass is 9.70. The minimum absolute atomic E-state index is 0.00933. The zero-order chi connectivity index (χ0) is 28.2. The van der Waals surface area contributed by atoms with Crippen LogP contribution in [0.3, 0.4) is 0 Å². The van der Waals surface area contributed by atoms with Crippen molar-refractivity contribution < 1.29 is 28.5 Å². The molecule has 2 aromatic carbocycles. The molecule has 10 heteroatoms. The Hall–Kier alpha value is -4.09. The fourth-order valence-electron chi connectivity index (χ4n) is 6.85. The zero-order valence-electron chi connectivity index (χ0n) is 21.5. The van der Waals surface area contributed by atoms with Gasteiger partial charge in [0.2, 0.25) is 12.3 Å². The number of hydrogen-bond acceptors (Lipinski definition) is 8. The molecular weight excluding hydrogens is 518 g/mol. The SMILES string of the molecule is COc1nc(C#N)cc2c1C1(O)C(O)C(CN3CC(C(F)F)C3)C(c3ccccc3)C1(c1ccc(C#N)cc1)O2. The summed E-state index contributed by atoms with van der Waals surface area (Å²) in [5.41, 5.74) is -1.96. The molecule has 2 fully saturated rings. The lowest BCUT2D eigenvalue weighted by Crippen LogP contribution is -2.53. The van der Waals surface area contributed by atoms with E-state index >= 15 is 0 Å². The Bertz CT molecular complexity index is 1520. The zero-order valence-corrected chi connectivity index (χ0v) is 21.5. The minimum Gasteiger partial charge on any atom is -0.481 e. The highest BCUT2D eigenvalue weighted by atomic mass is 19.3. The number of aliphatic hydroxyl groups excluding tert-OH is 1. The molecule has 0 amide bonds. The van der Waals surface area contributed by atoms with E-state index < -0.39 is 41.5 Å². The Kier molecular flexibility index (Phi) is 6.23. The van der Waals surface area contributed by atoms with Crippen LogP contribution in [0, 0.1) is 34.5 Å². The molecular formula is C30H26F2N4O4. The maximum atomic E-state index is 13.3. The highest BCUT2D eigenvalue weighted by Crippen LogP contribution is 2.69. The molecule has 1 saturated heterocycles. The summed E-state index contributed by atoms with van der Waals surface area (Å²) in [6.45, 7) is 0.589. The van der Waals surface area contributed by atoms with Crippen LogP contribution in [0.25, 0.3) is 0 Å². The summed E-state index contributed by atoms with van der Waals surface area (Å²) in [6.07, 6.45) is -3.87. The number of aromatic nitrogens is 1. The number of hydrogen-bond donors (Lipinski definition) is 2. The summed E-state index contributed by atoms with van der Waals surface area (Å²) in [4.78, 5) is 6.10. The molecule has 0 bridgehead atoms. The summed E-state index contributed by atoms with van der Waals surface area (Å²) in [6, 6.07) is 21.4. The van der Waals surface area contributed by atoms with Crippen molar-refractivity contribution in [1.82, 2.24) is 9.88 Å². The summed E-state index contributed by atoms with van der Waals surface area (Å²) in [5, 5.41) is 43.9. The number of rotatable bonds is 6. The number of benzene rings is 2. The number of nitriles is 2. The van der Waals surface area contributed by atoms with E-state index in [1.54, 1.807) is 24.3 Å². The molecule has 1 aromatic heterocycles. The van der Waals surface area contributed by atoms with Crippen molar-refractivity contribution in [3.05, 3.63) is 88.6 Å². The quantitative estimate of drug-likeness (QED) is 0.485. The fourth-order valence-corrected chi connectivity index (χ4v) is 6.85. The van der Waals surface area contributed by atoms with Gasteiger partial charge in [0.05, 0.1) is 30.4 Å². The van der Waals surface area contributed by atoms with Crippen molar-refractivity contribution in [2.45, 2.75) is 29.6 Å². The van der Waals surface area contributed by atoms with Gasteiger partial charge in [-0.2, -0.15) is 10.5 Å². The third kappa shape index (κ3) is 3.54. The van der Waals surface area contributed by atoms with Gasteiger partial charge in [-0.1, -0.05) is 42.5 Å². The second kappa shape index (κ2) is 9.53. The monoisotopic (exact) mass is 544 g/mol. The number of fused-ring (bicyclic) bond motifs is 3. The predicted octanol–water partition coefficient (Wildman–Crippen LogP) is 3.28. The number of methoxy groups -OCH3 is 1. The Balaban J connectivity index is 1.59. The molecule has 1 saturated carbocycles. The minimum atomic E-state index is -2.43. The van der Waals surface area contributed by atoms with Gasteiger partial charge in [-0.3, -0.25) is 0 Å². The molecule has 6 rings (SSSR count). The molecule has 0 spiro atoms. The molecule has 3 aromatic rings. The maximum absolute atomic E-state index is 13.3. The summed E-state index contributed by atoms with van der Waals surface area (Å²) < 4.78 is 38.8. The lowest BCUT2D eigenvalue weighted by Gasteiger charge is -2.43. The van der Waals surface area contributed by atoms with E-state index in [0.717, 1.165) is 5.56 Å². The third-order valence-corrected chi connectivity index (χ3v) is 8.59.